The van der Waals surface area contributed by atoms with Crippen molar-refractivity contribution in [2.45, 2.75) is 44.4 Å². The number of carbonyl (C=O) groups excluding carboxylic acids is 1. The van der Waals surface area contributed by atoms with Gasteiger partial charge in [0, 0.05) is 12.6 Å². The smallest absolute Gasteiger partial charge is 0.326 e. The Morgan fingerprint density at radius 3 is 2.58 bits per heavy atom. The molecule has 1 rings (SSSR count). The van der Waals surface area contributed by atoms with Crippen molar-refractivity contribution in [2.24, 2.45) is 0 Å². The SMILES string of the molecule is CC1CC(NC(=O)NC(CC(=O)O)C(=O)O)CCO1. The van der Waals surface area contributed by atoms with Crippen molar-refractivity contribution in [3.8, 4) is 0 Å². The summed E-state index contributed by atoms with van der Waals surface area (Å²) in [6.45, 7) is 2.42. The van der Waals surface area contributed by atoms with E-state index in [0.717, 1.165) is 0 Å². The van der Waals surface area contributed by atoms with Crippen molar-refractivity contribution in [1.29, 1.82) is 0 Å². The van der Waals surface area contributed by atoms with E-state index in [2.05, 4.69) is 10.6 Å². The van der Waals surface area contributed by atoms with E-state index in [1.807, 2.05) is 6.92 Å². The average molecular weight is 274 g/mol. The molecule has 0 radical (unpaired) electrons. The third-order valence-corrected chi connectivity index (χ3v) is 2.80. The molecule has 0 aromatic heterocycles. The number of hydrogen-bond acceptors (Lipinski definition) is 4. The zero-order chi connectivity index (χ0) is 14.4. The van der Waals surface area contributed by atoms with Crippen LogP contribution in [0.5, 0.6) is 0 Å². The van der Waals surface area contributed by atoms with Crippen LogP contribution in [0.1, 0.15) is 26.2 Å². The predicted molar refractivity (Wildman–Crippen MR) is 63.8 cm³/mol. The fraction of sp³-hybridized carbons (Fsp3) is 0.727. The first-order valence-electron chi connectivity index (χ1n) is 6.01. The highest BCUT2D eigenvalue weighted by atomic mass is 16.5. The van der Waals surface area contributed by atoms with E-state index in [9.17, 15) is 14.4 Å². The molecule has 1 heterocycles. The summed E-state index contributed by atoms with van der Waals surface area (Å²) in [5.41, 5.74) is 0. The Morgan fingerprint density at radius 2 is 2.05 bits per heavy atom. The number of urea groups is 1. The van der Waals surface area contributed by atoms with Crippen molar-refractivity contribution in [2.75, 3.05) is 6.61 Å². The minimum Gasteiger partial charge on any atom is -0.481 e. The number of ether oxygens (including phenoxy) is 1. The van der Waals surface area contributed by atoms with Crippen LogP contribution in [0.4, 0.5) is 4.79 Å². The van der Waals surface area contributed by atoms with Gasteiger partial charge < -0.3 is 25.6 Å². The van der Waals surface area contributed by atoms with E-state index in [4.69, 9.17) is 14.9 Å². The first-order valence-corrected chi connectivity index (χ1v) is 6.01. The highest BCUT2D eigenvalue weighted by Crippen LogP contribution is 2.12. The number of carboxylic acid groups (broad SMARTS) is 2. The van der Waals surface area contributed by atoms with Crippen LogP contribution in [-0.4, -0.2) is 53.0 Å². The fourth-order valence-corrected chi connectivity index (χ4v) is 1.89. The Balaban J connectivity index is 2.43. The van der Waals surface area contributed by atoms with E-state index < -0.39 is 30.4 Å². The molecule has 0 bridgehead atoms. The zero-order valence-electron chi connectivity index (χ0n) is 10.6. The lowest BCUT2D eigenvalue weighted by molar-refractivity contribution is -0.145. The molecule has 19 heavy (non-hydrogen) atoms. The molecule has 0 spiro atoms. The highest BCUT2D eigenvalue weighted by Gasteiger charge is 2.25. The minimum atomic E-state index is -1.44. The van der Waals surface area contributed by atoms with Gasteiger partial charge in [-0.05, 0) is 19.8 Å². The number of amides is 2. The van der Waals surface area contributed by atoms with Crippen molar-refractivity contribution >= 4 is 18.0 Å². The molecule has 0 aromatic rings. The van der Waals surface area contributed by atoms with Gasteiger partial charge in [0.05, 0.1) is 12.5 Å². The van der Waals surface area contributed by atoms with E-state index in [-0.39, 0.29) is 12.1 Å². The average Bonchev–Trinajstić information content (AvgIpc) is 2.27. The maximum Gasteiger partial charge on any atom is 0.326 e. The van der Waals surface area contributed by atoms with Gasteiger partial charge in [-0.1, -0.05) is 0 Å². The topological polar surface area (TPSA) is 125 Å². The molecule has 1 aliphatic heterocycles. The molecule has 0 aromatic carbocycles. The van der Waals surface area contributed by atoms with Gasteiger partial charge >= 0.3 is 18.0 Å². The number of rotatable bonds is 5. The number of aliphatic carboxylic acids is 2. The first kappa shape index (κ1) is 15.2. The van der Waals surface area contributed by atoms with Gasteiger partial charge in [0.25, 0.3) is 0 Å². The first-order chi connectivity index (χ1) is 8.88. The molecule has 3 unspecified atom stereocenters. The summed E-state index contributed by atoms with van der Waals surface area (Å²) in [6, 6.07) is -2.20. The molecule has 0 aliphatic carbocycles. The quantitative estimate of drug-likeness (QED) is 0.549. The Kier molecular flexibility index (Phi) is 5.56. The van der Waals surface area contributed by atoms with Crippen LogP contribution in [0.3, 0.4) is 0 Å². The minimum absolute atomic E-state index is 0.0355. The standard InChI is InChI=1S/C11H18N2O6/c1-6-4-7(2-3-19-6)12-11(18)13-8(10(16)17)5-9(14)15/h6-8H,2-5H2,1H3,(H,14,15)(H,16,17)(H2,12,13,18). The van der Waals surface area contributed by atoms with E-state index in [1.165, 1.54) is 0 Å². The maximum absolute atomic E-state index is 11.6. The third kappa shape index (κ3) is 5.56. The lowest BCUT2D eigenvalue weighted by Crippen LogP contribution is -2.51. The Bertz CT molecular complexity index is 359. The lowest BCUT2D eigenvalue weighted by atomic mass is 10.0. The van der Waals surface area contributed by atoms with Gasteiger partial charge in [-0.15, -0.1) is 0 Å². The number of hydrogen-bond donors (Lipinski definition) is 4. The summed E-state index contributed by atoms with van der Waals surface area (Å²) in [6.07, 6.45) is 0.666. The summed E-state index contributed by atoms with van der Waals surface area (Å²) in [5.74, 6) is -2.66. The van der Waals surface area contributed by atoms with Gasteiger partial charge in [-0.25, -0.2) is 9.59 Å². The van der Waals surface area contributed by atoms with E-state index in [0.29, 0.717) is 19.4 Å². The summed E-state index contributed by atoms with van der Waals surface area (Å²) in [7, 11) is 0. The molecule has 4 N–H and O–H groups in total. The van der Waals surface area contributed by atoms with Crippen LogP contribution in [0.2, 0.25) is 0 Å². The van der Waals surface area contributed by atoms with Crippen LogP contribution in [0, 0.1) is 0 Å². The van der Waals surface area contributed by atoms with Gasteiger partial charge in [0.2, 0.25) is 0 Å². The van der Waals surface area contributed by atoms with Crippen LogP contribution < -0.4 is 10.6 Å². The van der Waals surface area contributed by atoms with Crippen molar-refractivity contribution in [3.05, 3.63) is 0 Å². The zero-order valence-corrected chi connectivity index (χ0v) is 10.6. The normalized spacial score (nSPS) is 24.3. The Hall–Kier alpha value is -1.83. The summed E-state index contributed by atoms with van der Waals surface area (Å²) in [5, 5.41) is 22.1. The molecule has 8 heteroatoms. The van der Waals surface area contributed by atoms with E-state index >= 15 is 0 Å². The van der Waals surface area contributed by atoms with Crippen LogP contribution in [-0.2, 0) is 14.3 Å². The Morgan fingerprint density at radius 1 is 1.37 bits per heavy atom. The van der Waals surface area contributed by atoms with Gasteiger partial charge in [-0.2, -0.15) is 0 Å². The van der Waals surface area contributed by atoms with Crippen molar-refractivity contribution in [1.82, 2.24) is 10.6 Å². The number of nitrogens with one attached hydrogen (secondary N) is 2. The van der Waals surface area contributed by atoms with Gasteiger partial charge in [0.15, 0.2) is 0 Å². The molecular formula is C11H18N2O6. The number of carbonyl (C=O) groups is 3. The molecule has 1 fully saturated rings. The molecule has 3 atom stereocenters. The lowest BCUT2D eigenvalue weighted by Gasteiger charge is -2.28. The van der Waals surface area contributed by atoms with Crippen LogP contribution in [0.15, 0.2) is 0 Å². The largest absolute Gasteiger partial charge is 0.481 e. The molecule has 0 saturated carbocycles. The molecular weight excluding hydrogens is 256 g/mol. The summed E-state index contributed by atoms with van der Waals surface area (Å²) < 4.78 is 5.32. The third-order valence-electron chi connectivity index (χ3n) is 2.80. The summed E-state index contributed by atoms with van der Waals surface area (Å²) >= 11 is 0. The monoisotopic (exact) mass is 274 g/mol. The second-order valence-corrected chi connectivity index (χ2v) is 4.51. The highest BCUT2D eigenvalue weighted by molar-refractivity contribution is 5.86. The van der Waals surface area contributed by atoms with E-state index in [1.54, 1.807) is 0 Å². The van der Waals surface area contributed by atoms with Crippen LogP contribution >= 0.6 is 0 Å². The van der Waals surface area contributed by atoms with Crippen LogP contribution in [0.25, 0.3) is 0 Å². The van der Waals surface area contributed by atoms with Gasteiger partial charge in [-0.3, -0.25) is 4.79 Å². The molecule has 8 nitrogen and oxygen atoms in total. The van der Waals surface area contributed by atoms with Crippen molar-refractivity contribution < 1.29 is 29.3 Å². The second kappa shape index (κ2) is 6.93. The maximum atomic E-state index is 11.6. The Labute approximate surface area is 110 Å². The predicted octanol–water partition coefficient (Wildman–Crippen LogP) is -0.219. The number of carboxylic acids is 2. The molecule has 1 aliphatic rings. The summed E-state index contributed by atoms with van der Waals surface area (Å²) in [4.78, 5) is 32.9. The fourth-order valence-electron chi connectivity index (χ4n) is 1.89. The van der Waals surface area contributed by atoms with Crippen molar-refractivity contribution in [3.63, 3.8) is 0 Å². The van der Waals surface area contributed by atoms with Gasteiger partial charge in [0.1, 0.15) is 6.04 Å². The molecule has 2 amide bonds. The molecule has 1 saturated heterocycles. The molecule has 108 valence electrons. The second-order valence-electron chi connectivity index (χ2n) is 4.51.